The van der Waals surface area contributed by atoms with Gasteiger partial charge in [0.25, 0.3) is 0 Å². The lowest BCUT2D eigenvalue weighted by Crippen LogP contribution is -2.36. The van der Waals surface area contributed by atoms with E-state index in [0.29, 0.717) is 12.1 Å². The van der Waals surface area contributed by atoms with Crippen molar-refractivity contribution in [2.75, 3.05) is 0 Å². The predicted molar refractivity (Wildman–Crippen MR) is 77.5 cm³/mol. The zero-order valence-corrected chi connectivity index (χ0v) is 11.6. The first kappa shape index (κ1) is 12.4. The fourth-order valence-corrected chi connectivity index (χ4v) is 2.70. The van der Waals surface area contributed by atoms with Gasteiger partial charge in [-0.05, 0) is 38.8 Å². The zero-order valence-electron chi connectivity index (χ0n) is 11.6. The van der Waals surface area contributed by atoms with Crippen LogP contribution in [0.4, 0.5) is 0 Å². The fourth-order valence-electron chi connectivity index (χ4n) is 2.70. The highest BCUT2D eigenvalue weighted by molar-refractivity contribution is 5.35. The number of para-hydroxylation sites is 1. The number of rotatable bonds is 4. The van der Waals surface area contributed by atoms with Crippen molar-refractivity contribution in [1.29, 1.82) is 0 Å². The number of hydrogen-bond donors (Lipinski definition) is 1. The van der Waals surface area contributed by atoms with Crippen LogP contribution in [0, 0.1) is 6.92 Å². The fraction of sp³-hybridized carbons (Fsp3) is 0.438. The van der Waals surface area contributed by atoms with Crippen molar-refractivity contribution in [2.24, 2.45) is 0 Å². The Morgan fingerprint density at radius 3 is 2.63 bits per heavy atom. The molecule has 0 unspecified atom stereocenters. The van der Waals surface area contributed by atoms with Crippen molar-refractivity contribution in [2.45, 2.75) is 45.2 Å². The molecular weight excluding hydrogens is 234 g/mol. The molecule has 1 aliphatic rings. The molecule has 0 bridgehead atoms. The molecule has 0 spiro atoms. The number of hydrogen-bond acceptors (Lipinski definition) is 2. The quantitative estimate of drug-likeness (QED) is 0.907. The van der Waals surface area contributed by atoms with Crippen LogP contribution in [0.1, 0.15) is 43.5 Å². The molecule has 0 amide bonds. The summed E-state index contributed by atoms with van der Waals surface area (Å²) in [5, 5.41) is 8.22. The van der Waals surface area contributed by atoms with Crippen LogP contribution in [0.25, 0.3) is 5.69 Å². The Bertz CT molecular complexity index is 540. The monoisotopic (exact) mass is 255 g/mol. The Kier molecular flexibility index (Phi) is 3.38. The van der Waals surface area contributed by atoms with Gasteiger partial charge in [0.15, 0.2) is 0 Å². The molecule has 1 aromatic heterocycles. The van der Waals surface area contributed by atoms with E-state index in [4.69, 9.17) is 0 Å². The molecule has 3 rings (SSSR count). The maximum absolute atomic E-state index is 4.53. The third-order valence-electron chi connectivity index (χ3n) is 4.11. The van der Waals surface area contributed by atoms with Gasteiger partial charge in [-0.25, -0.2) is 4.68 Å². The second-order valence-electron chi connectivity index (χ2n) is 5.45. The average molecular weight is 255 g/mol. The molecule has 1 saturated carbocycles. The average Bonchev–Trinajstić information content (AvgIpc) is 2.77. The minimum Gasteiger partial charge on any atom is -0.307 e. The molecule has 1 N–H and O–H groups in total. The number of aromatic nitrogens is 2. The van der Waals surface area contributed by atoms with E-state index in [1.54, 1.807) is 0 Å². The predicted octanol–water partition coefficient (Wildman–Crippen LogP) is 3.38. The second-order valence-corrected chi connectivity index (χ2v) is 5.45. The van der Waals surface area contributed by atoms with Crippen LogP contribution in [-0.4, -0.2) is 15.8 Å². The molecule has 2 aromatic rings. The third kappa shape index (κ3) is 2.43. The Balaban J connectivity index is 1.82. The van der Waals surface area contributed by atoms with Gasteiger partial charge in [-0.3, -0.25) is 0 Å². The van der Waals surface area contributed by atoms with Crippen LogP contribution in [0.2, 0.25) is 0 Å². The number of nitrogens with zero attached hydrogens (tertiary/aromatic N) is 2. The molecule has 0 aliphatic heterocycles. The summed E-state index contributed by atoms with van der Waals surface area (Å²) in [5.41, 5.74) is 3.66. The SMILES string of the molecule is Cc1c([C@H](C)NC2CCC2)cnn1-c1ccccc1. The molecule has 0 radical (unpaired) electrons. The van der Waals surface area contributed by atoms with E-state index in [1.807, 2.05) is 29.1 Å². The van der Waals surface area contributed by atoms with Gasteiger partial charge in [-0.1, -0.05) is 24.6 Å². The summed E-state index contributed by atoms with van der Waals surface area (Å²) in [6, 6.07) is 11.4. The maximum atomic E-state index is 4.53. The molecule has 1 atom stereocenters. The molecule has 3 heteroatoms. The first-order chi connectivity index (χ1) is 9.25. The lowest BCUT2D eigenvalue weighted by Gasteiger charge is -2.30. The van der Waals surface area contributed by atoms with E-state index in [2.05, 4.69) is 36.4 Å². The smallest absolute Gasteiger partial charge is 0.0648 e. The molecule has 100 valence electrons. The van der Waals surface area contributed by atoms with Gasteiger partial charge >= 0.3 is 0 Å². The van der Waals surface area contributed by atoms with Gasteiger partial charge in [-0.15, -0.1) is 0 Å². The van der Waals surface area contributed by atoms with Crippen molar-refractivity contribution < 1.29 is 0 Å². The van der Waals surface area contributed by atoms with Crippen LogP contribution < -0.4 is 5.32 Å². The zero-order chi connectivity index (χ0) is 13.2. The van der Waals surface area contributed by atoms with Crippen LogP contribution in [0.3, 0.4) is 0 Å². The van der Waals surface area contributed by atoms with Crippen LogP contribution in [-0.2, 0) is 0 Å². The summed E-state index contributed by atoms with van der Waals surface area (Å²) in [6.07, 6.45) is 6.00. The van der Waals surface area contributed by atoms with Gasteiger partial charge < -0.3 is 5.32 Å². The van der Waals surface area contributed by atoms with Crippen LogP contribution in [0.15, 0.2) is 36.5 Å². The Morgan fingerprint density at radius 2 is 2.00 bits per heavy atom. The molecule has 1 heterocycles. The van der Waals surface area contributed by atoms with E-state index in [-0.39, 0.29) is 0 Å². The Morgan fingerprint density at radius 1 is 1.26 bits per heavy atom. The van der Waals surface area contributed by atoms with E-state index < -0.39 is 0 Å². The summed E-state index contributed by atoms with van der Waals surface area (Å²) in [4.78, 5) is 0. The summed E-state index contributed by atoms with van der Waals surface area (Å²) >= 11 is 0. The largest absolute Gasteiger partial charge is 0.307 e. The standard InChI is InChI=1S/C16H21N3/c1-12(18-14-7-6-8-14)16-11-17-19(13(16)2)15-9-4-3-5-10-15/h3-5,9-12,14,18H,6-8H2,1-2H3/t12-/m0/s1. The normalized spacial score (nSPS) is 17.2. The van der Waals surface area contributed by atoms with Gasteiger partial charge in [0.2, 0.25) is 0 Å². The highest BCUT2D eigenvalue weighted by Crippen LogP contribution is 2.25. The summed E-state index contributed by atoms with van der Waals surface area (Å²) in [7, 11) is 0. The first-order valence-electron chi connectivity index (χ1n) is 7.11. The molecule has 3 nitrogen and oxygen atoms in total. The summed E-state index contributed by atoms with van der Waals surface area (Å²) in [6.45, 7) is 4.38. The first-order valence-corrected chi connectivity index (χ1v) is 7.11. The minimum absolute atomic E-state index is 0.378. The summed E-state index contributed by atoms with van der Waals surface area (Å²) < 4.78 is 2.02. The van der Waals surface area contributed by atoms with E-state index in [9.17, 15) is 0 Å². The van der Waals surface area contributed by atoms with E-state index >= 15 is 0 Å². The molecular formula is C16H21N3. The van der Waals surface area contributed by atoms with Crippen molar-refractivity contribution in [3.8, 4) is 5.69 Å². The Labute approximate surface area is 114 Å². The number of nitrogens with one attached hydrogen (secondary N) is 1. The summed E-state index contributed by atoms with van der Waals surface area (Å²) in [5.74, 6) is 0. The molecule has 0 saturated heterocycles. The molecule has 1 aromatic carbocycles. The number of benzene rings is 1. The maximum Gasteiger partial charge on any atom is 0.0648 e. The van der Waals surface area contributed by atoms with Crippen molar-refractivity contribution in [1.82, 2.24) is 15.1 Å². The van der Waals surface area contributed by atoms with Crippen LogP contribution >= 0.6 is 0 Å². The van der Waals surface area contributed by atoms with Crippen molar-refractivity contribution in [3.05, 3.63) is 47.8 Å². The van der Waals surface area contributed by atoms with Gasteiger partial charge in [-0.2, -0.15) is 5.10 Å². The van der Waals surface area contributed by atoms with E-state index in [1.165, 1.54) is 30.5 Å². The van der Waals surface area contributed by atoms with Gasteiger partial charge in [0.1, 0.15) is 0 Å². The Hall–Kier alpha value is -1.61. The molecule has 19 heavy (non-hydrogen) atoms. The van der Waals surface area contributed by atoms with Crippen LogP contribution in [0.5, 0.6) is 0 Å². The molecule has 1 fully saturated rings. The highest BCUT2D eigenvalue weighted by Gasteiger charge is 2.21. The lowest BCUT2D eigenvalue weighted by atomic mass is 9.92. The van der Waals surface area contributed by atoms with Gasteiger partial charge in [0.05, 0.1) is 11.9 Å². The minimum atomic E-state index is 0.378. The van der Waals surface area contributed by atoms with E-state index in [0.717, 1.165) is 5.69 Å². The third-order valence-corrected chi connectivity index (χ3v) is 4.11. The lowest BCUT2D eigenvalue weighted by molar-refractivity contribution is 0.313. The van der Waals surface area contributed by atoms with Crippen molar-refractivity contribution in [3.63, 3.8) is 0 Å². The topological polar surface area (TPSA) is 29.9 Å². The highest BCUT2D eigenvalue weighted by atomic mass is 15.3. The molecule has 1 aliphatic carbocycles. The van der Waals surface area contributed by atoms with Crippen molar-refractivity contribution >= 4 is 0 Å². The second kappa shape index (κ2) is 5.17. The van der Waals surface area contributed by atoms with Gasteiger partial charge in [0, 0.05) is 23.3 Å².